The molecular formula is C14H32N2S. The van der Waals surface area contributed by atoms with Gasteiger partial charge in [0.2, 0.25) is 0 Å². The summed E-state index contributed by atoms with van der Waals surface area (Å²) in [5.74, 6) is 2.09. The molecule has 0 spiro atoms. The maximum Gasteiger partial charge on any atom is 0.0154 e. The van der Waals surface area contributed by atoms with E-state index in [0.717, 1.165) is 12.5 Å². The molecule has 17 heavy (non-hydrogen) atoms. The molecule has 0 aliphatic heterocycles. The lowest BCUT2D eigenvalue weighted by molar-refractivity contribution is 0.260. The van der Waals surface area contributed by atoms with Crippen LogP contribution in [0.3, 0.4) is 0 Å². The first-order chi connectivity index (χ1) is 8.15. The number of thioether (sulfide) groups is 1. The van der Waals surface area contributed by atoms with Crippen molar-refractivity contribution in [2.75, 3.05) is 32.1 Å². The summed E-state index contributed by atoms with van der Waals surface area (Å²) in [6, 6.07) is 0.698. The molecule has 0 heterocycles. The highest BCUT2D eigenvalue weighted by molar-refractivity contribution is 7.98. The molecule has 0 aromatic rings. The van der Waals surface area contributed by atoms with Crippen LogP contribution in [0.5, 0.6) is 0 Å². The van der Waals surface area contributed by atoms with Gasteiger partial charge in [0.15, 0.2) is 0 Å². The van der Waals surface area contributed by atoms with Crippen LogP contribution in [0.1, 0.15) is 46.0 Å². The molecule has 0 radical (unpaired) electrons. The molecule has 0 aromatic carbocycles. The fourth-order valence-corrected chi connectivity index (χ4v) is 3.03. The van der Waals surface area contributed by atoms with E-state index in [-0.39, 0.29) is 0 Å². The minimum Gasteiger partial charge on any atom is -0.330 e. The summed E-state index contributed by atoms with van der Waals surface area (Å²) in [5, 5.41) is 0. The maximum absolute atomic E-state index is 5.67. The Balaban J connectivity index is 3.70. The van der Waals surface area contributed by atoms with Crippen molar-refractivity contribution in [1.29, 1.82) is 0 Å². The van der Waals surface area contributed by atoms with Crippen LogP contribution in [0.2, 0.25) is 0 Å². The summed E-state index contributed by atoms with van der Waals surface area (Å²) in [6.07, 6.45) is 8.70. The second-order valence-electron chi connectivity index (χ2n) is 5.16. The lowest BCUT2D eigenvalue weighted by Gasteiger charge is -2.25. The Morgan fingerprint density at radius 2 is 1.94 bits per heavy atom. The lowest BCUT2D eigenvalue weighted by atomic mass is 9.94. The van der Waals surface area contributed by atoms with Gasteiger partial charge in [0.05, 0.1) is 0 Å². The smallest absolute Gasteiger partial charge is 0.0154 e. The van der Waals surface area contributed by atoms with Gasteiger partial charge in [-0.15, -0.1) is 0 Å². The largest absolute Gasteiger partial charge is 0.330 e. The molecule has 104 valence electrons. The van der Waals surface area contributed by atoms with E-state index in [0.29, 0.717) is 6.04 Å². The van der Waals surface area contributed by atoms with Crippen LogP contribution in [0.25, 0.3) is 0 Å². The van der Waals surface area contributed by atoms with E-state index >= 15 is 0 Å². The third kappa shape index (κ3) is 8.92. The van der Waals surface area contributed by atoms with Gasteiger partial charge in [-0.2, -0.15) is 11.8 Å². The van der Waals surface area contributed by atoms with E-state index < -0.39 is 0 Å². The van der Waals surface area contributed by atoms with Gasteiger partial charge in [-0.25, -0.2) is 0 Å². The van der Waals surface area contributed by atoms with Gasteiger partial charge in [0, 0.05) is 11.8 Å². The molecule has 0 rings (SSSR count). The molecule has 0 fully saturated rings. The highest BCUT2D eigenvalue weighted by Gasteiger charge is 2.10. The summed E-state index contributed by atoms with van der Waals surface area (Å²) in [7, 11) is 2.25. The Hall–Kier alpha value is 0.270. The van der Waals surface area contributed by atoms with E-state index in [4.69, 9.17) is 5.73 Å². The van der Waals surface area contributed by atoms with Crippen LogP contribution in [-0.2, 0) is 0 Å². The van der Waals surface area contributed by atoms with Gasteiger partial charge < -0.3 is 10.6 Å². The quantitative estimate of drug-likeness (QED) is 0.618. The minimum atomic E-state index is 0.698. The fraction of sp³-hybridized carbons (Fsp3) is 1.00. The lowest BCUT2D eigenvalue weighted by Crippen LogP contribution is -2.32. The number of hydrogen-bond acceptors (Lipinski definition) is 3. The highest BCUT2D eigenvalue weighted by Crippen LogP contribution is 2.17. The first kappa shape index (κ1) is 17.3. The van der Waals surface area contributed by atoms with E-state index in [9.17, 15) is 0 Å². The average molecular weight is 260 g/mol. The number of hydrogen-bond donors (Lipinski definition) is 1. The fourth-order valence-electron chi connectivity index (χ4n) is 2.30. The zero-order chi connectivity index (χ0) is 13.1. The van der Waals surface area contributed by atoms with Crippen LogP contribution in [0, 0.1) is 5.92 Å². The van der Waals surface area contributed by atoms with Gasteiger partial charge in [-0.1, -0.05) is 19.8 Å². The Morgan fingerprint density at radius 1 is 1.24 bits per heavy atom. The van der Waals surface area contributed by atoms with Crippen molar-refractivity contribution >= 4 is 11.8 Å². The summed E-state index contributed by atoms with van der Waals surface area (Å²) >= 11 is 1.94. The normalized spacial score (nSPS) is 15.2. The van der Waals surface area contributed by atoms with Crippen LogP contribution in [0.4, 0.5) is 0 Å². The number of rotatable bonds is 11. The third-order valence-corrected chi connectivity index (χ3v) is 4.37. The van der Waals surface area contributed by atoms with Crippen molar-refractivity contribution in [2.24, 2.45) is 11.7 Å². The van der Waals surface area contributed by atoms with Gasteiger partial charge in [-0.05, 0) is 58.5 Å². The summed E-state index contributed by atoms with van der Waals surface area (Å²) in [5.41, 5.74) is 5.67. The summed E-state index contributed by atoms with van der Waals surface area (Å²) in [6.45, 7) is 6.67. The summed E-state index contributed by atoms with van der Waals surface area (Å²) in [4.78, 5) is 2.49. The molecular weight excluding hydrogens is 228 g/mol. The predicted molar refractivity (Wildman–Crippen MR) is 81.8 cm³/mol. The van der Waals surface area contributed by atoms with Crippen molar-refractivity contribution in [3.05, 3.63) is 0 Å². The number of nitrogens with zero attached hydrogens (tertiary/aromatic N) is 1. The molecule has 2 nitrogen and oxygen atoms in total. The molecule has 0 aromatic heterocycles. The third-order valence-electron chi connectivity index (χ3n) is 3.56. The molecule has 2 atom stereocenters. The molecule has 0 amide bonds. The van der Waals surface area contributed by atoms with Crippen molar-refractivity contribution in [2.45, 2.75) is 52.0 Å². The first-order valence-corrected chi connectivity index (χ1v) is 8.44. The predicted octanol–water partition coefficient (Wildman–Crippen LogP) is 3.22. The second-order valence-corrected chi connectivity index (χ2v) is 6.07. The van der Waals surface area contributed by atoms with E-state index in [1.807, 2.05) is 11.8 Å². The van der Waals surface area contributed by atoms with Gasteiger partial charge in [-0.3, -0.25) is 0 Å². The topological polar surface area (TPSA) is 29.3 Å². The molecule has 3 heteroatoms. The zero-order valence-corrected chi connectivity index (χ0v) is 13.1. The van der Waals surface area contributed by atoms with Gasteiger partial charge in [0.1, 0.15) is 0 Å². The van der Waals surface area contributed by atoms with Crippen LogP contribution in [0.15, 0.2) is 0 Å². The Kier molecular flexibility index (Phi) is 11.5. The molecule has 2 unspecified atom stereocenters. The van der Waals surface area contributed by atoms with Crippen LogP contribution >= 0.6 is 11.8 Å². The van der Waals surface area contributed by atoms with E-state index in [1.165, 1.54) is 44.4 Å². The van der Waals surface area contributed by atoms with Crippen LogP contribution < -0.4 is 5.73 Å². The van der Waals surface area contributed by atoms with Gasteiger partial charge in [0.25, 0.3) is 0 Å². The Bertz CT molecular complexity index is 158. The first-order valence-electron chi connectivity index (χ1n) is 7.04. The molecule has 0 aliphatic carbocycles. The molecule has 0 bridgehead atoms. The molecule has 2 N–H and O–H groups in total. The Morgan fingerprint density at radius 3 is 2.47 bits per heavy atom. The second kappa shape index (κ2) is 11.4. The van der Waals surface area contributed by atoms with Crippen molar-refractivity contribution in [3.63, 3.8) is 0 Å². The molecule has 0 aliphatic rings. The van der Waals surface area contributed by atoms with Crippen molar-refractivity contribution in [3.8, 4) is 0 Å². The summed E-state index contributed by atoms with van der Waals surface area (Å²) < 4.78 is 0. The standard InChI is InChI=1S/C14H32N2S/c1-5-7-14(9-10-15)8-6-11-16(3)13(2)12-17-4/h13-14H,5-12,15H2,1-4H3. The number of nitrogens with two attached hydrogens (primary N) is 1. The molecule has 0 saturated heterocycles. The SMILES string of the molecule is CCCC(CCN)CCCN(C)C(C)CSC. The van der Waals surface area contributed by atoms with Gasteiger partial charge >= 0.3 is 0 Å². The zero-order valence-electron chi connectivity index (χ0n) is 12.2. The highest BCUT2D eigenvalue weighted by atomic mass is 32.2. The minimum absolute atomic E-state index is 0.698. The Labute approximate surface area is 113 Å². The van der Waals surface area contributed by atoms with Crippen molar-refractivity contribution in [1.82, 2.24) is 4.90 Å². The average Bonchev–Trinajstić information content (AvgIpc) is 2.29. The van der Waals surface area contributed by atoms with E-state index in [2.05, 4.69) is 32.1 Å². The van der Waals surface area contributed by atoms with Crippen molar-refractivity contribution < 1.29 is 0 Å². The monoisotopic (exact) mass is 260 g/mol. The van der Waals surface area contributed by atoms with Crippen LogP contribution in [-0.4, -0.2) is 43.1 Å². The van der Waals surface area contributed by atoms with E-state index in [1.54, 1.807) is 0 Å². The maximum atomic E-state index is 5.67. The molecule has 0 saturated carbocycles.